The van der Waals surface area contributed by atoms with Gasteiger partial charge in [-0.15, -0.1) is 0 Å². The van der Waals surface area contributed by atoms with E-state index >= 15 is 0 Å². The summed E-state index contributed by atoms with van der Waals surface area (Å²) in [5.41, 5.74) is 1.21. The molecule has 1 heterocycles. The van der Waals surface area contributed by atoms with Crippen molar-refractivity contribution >= 4 is 5.82 Å². The lowest BCUT2D eigenvalue weighted by Crippen LogP contribution is -2.02. The molecule has 2 nitrogen and oxygen atoms in total. The predicted octanol–water partition coefficient (Wildman–Crippen LogP) is 1.96. The van der Waals surface area contributed by atoms with Crippen molar-refractivity contribution in [3.63, 3.8) is 0 Å². The van der Waals surface area contributed by atoms with Gasteiger partial charge in [-0.3, -0.25) is 0 Å². The average molecular weight is 148 g/mol. The molecule has 0 aliphatic heterocycles. The zero-order valence-corrected chi connectivity index (χ0v) is 6.67. The molecule has 2 heteroatoms. The fourth-order valence-corrected chi connectivity index (χ4v) is 0.990. The number of aryl methyl sites for hydroxylation is 1. The number of hydrogen-bond acceptors (Lipinski definition) is 2. The van der Waals surface area contributed by atoms with Crippen molar-refractivity contribution in [2.45, 2.75) is 25.8 Å². The summed E-state index contributed by atoms with van der Waals surface area (Å²) in [6.45, 7) is 2.05. The van der Waals surface area contributed by atoms with Crippen LogP contribution in [0.15, 0.2) is 18.3 Å². The third-order valence-corrected chi connectivity index (χ3v) is 1.84. The first-order chi connectivity index (χ1) is 5.34. The number of anilines is 1. The van der Waals surface area contributed by atoms with Crippen molar-refractivity contribution in [2.75, 3.05) is 5.32 Å². The molecule has 1 aromatic rings. The maximum Gasteiger partial charge on any atom is 0.126 e. The number of aromatic nitrogens is 1. The van der Waals surface area contributed by atoms with Crippen molar-refractivity contribution in [3.8, 4) is 0 Å². The largest absolute Gasteiger partial charge is 0.367 e. The minimum atomic E-state index is 0.699. The van der Waals surface area contributed by atoms with E-state index in [1.807, 2.05) is 19.2 Å². The monoisotopic (exact) mass is 148 g/mol. The second-order valence-electron chi connectivity index (χ2n) is 3.14. The number of pyridine rings is 1. The van der Waals surface area contributed by atoms with Gasteiger partial charge in [0.2, 0.25) is 0 Å². The normalized spacial score (nSPS) is 16.5. The lowest BCUT2D eigenvalue weighted by Gasteiger charge is -2.01. The topological polar surface area (TPSA) is 24.9 Å². The molecule has 58 valence electrons. The van der Waals surface area contributed by atoms with Crippen LogP contribution in [0.25, 0.3) is 0 Å². The van der Waals surface area contributed by atoms with Crippen LogP contribution in [0.5, 0.6) is 0 Å². The minimum absolute atomic E-state index is 0.699. The summed E-state index contributed by atoms with van der Waals surface area (Å²) < 4.78 is 0. The zero-order chi connectivity index (χ0) is 7.68. The van der Waals surface area contributed by atoms with Crippen LogP contribution in [0.1, 0.15) is 18.4 Å². The van der Waals surface area contributed by atoms with E-state index in [1.165, 1.54) is 18.4 Å². The van der Waals surface area contributed by atoms with Crippen LogP contribution in [-0.4, -0.2) is 11.0 Å². The Kier molecular flexibility index (Phi) is 1.53. The van der Waals surface area contributed by atoms with Crippen LogP contribution in [0, 0.1) is 6.92 Å². The number of rotatable bonds is 2. The first-order valence-corrected chi connectivity index (χ1v) is 4.04. The fourth-order valence-electron chi connectivity index (χ4n) is 0.990. The van der Waals surface area contributed by atoms with Gasteiger partial charge in [-0.05, 0) is 31.4 Å². The number of nitrogens with zero attached hydrogens (tertiary/aromatic N) is 1. The van der Waals surface area contributed by atoms with E-state index in [1.54, 1.807) is 0 Å². The molecule has 1 aliphatic rings. The van der Waals surface area contributed by atoms with E-state index in [9.17, 15) is 0 Å². The molecule has 1 aromatic heterocycles. The second kappa shape index (κ2) is 2.53. The second-order valence-corrected chi connectivity index (χ2v) is 3.14. The molecule has 0 radical (unpaired) electrons. The molecular weight excluding hydrogens is 136 g/mol. The standard InChI is InChI=1S/C9H12N2/c1-7-2-5-9(10-6-7)11-8-3-4-8/h2,5-6,8H,3-4H2,1H3,(H,10,11). The highest BCUT2D eigenvalue weighted by molar-refractivity contribution is 5.37. The Morgan fingerprint density at radius 2 is 2.27 bits per heavy atom. The Balaban J connectivity index is 2.06. The van der Waals surface area contributed by atoms with E-state index in [-0.39, 0.29) is 0 Å². The lowest BCUT2D eigenvalue weighted by atomic mass is 10.3. The van der Waals surface area contributed by atoms with Crippen molar-refractivity contribution in [1.82, 2.24) is 4.98 Å². The fraction of sp³-hybridized carbons (Fsp3) is 0.444. The van der Waals surface area contributed by atoms with Crippen LogP contribution in [0.3, 0.4) is 0 Å². The van der Waals surface area contributed by atoms with Crippen molar-refractivity contribution in [2.24, 2.45) is 0 Å². The van der Waals surface area contributed by atoms with Gasteiger partial charge in [0.05, 0.1) is 0 Å². The first kappa shape index (κ1) is 6.65. The van der Waals surface area contributed by atoms with Crippen LogP contribution >= 0.6 is 0 Å². The molecule has 0 saturated heterocycles. The molecule has 2 rings (SSSR count). The Morgan fingerprint density at radius 3 is 2.82 bits per heavy atom. The summed E-state index contributed by atoms with van der Waals surface area (Å²) in [6.07, 6.45) is 4.50. The summed E-state index contributed by atoms with van der Waals surface area (Å²) in [7, 11) is 0. The lowest BCUT2D eigenvalue weighted by molar-refractivity contribution is 1.11. The van der Waals surface area contributed by atoms with Gasteiger partial charge in [0.25, 0.3) is 0 Å². The van der Waals surface area contributed by atoms with E-state index in [0.29, 0.717) is 6.04 Å². The molecule has 1 saturated carbocycles. The summed E-state index contributed by atoms with van der Waals surface area (Å²) in [6, 6.07) is 4.82. The van der Waals surface area contributed by atoms with E-state index < -0.39 is 0 Å². The summed E-state index contributed by atoms with van der Waals surface area (Å²) >= 11 is 0. The van der Waals surface area contributed by atoms with Gasteiger partial charge in [0.1, 0.15) is 5.82 Å². The third kappa shape index (κ3) is 1.70. The molecular formula is C9H12N2. The smallest absolute Gasteiger partial charge is 0.126 e. The minimum Gasteiger partial charge on any atom is -0.367 e. The third-order valence-electron chi connectivity index (χ3n) is 1.84. The van der Waals surface area contributed by atoms with Crippen LogP contribution in [0.4, 0.5) is 5.82 Å². The average Bonchev–Trinajstić information content (AvgIpc) is 2.78. The zero-order valence-electron chi connectivity index (χ0n) is 6.67. The quantitative estimate of drug-likeness (QED) is 0.693. The Labute approximate surface area is 66.7 Å². The van der Waals surface area contributed by atoms with Gasteiger partial charge in [-0.25, -0.2) is 4.98 Å². The van der Waals surface area contributed by atoms with E-state index in [2.05, 4.69) is 16.4 Å². The van der Waals surface area contributed by atoms with Gasteiger partial charge in [-0.2, -0.15) is 0 Å². The Bertz CT molecular complexity index is 236. The van der Waals surface area contributed by atoms with Crippen LogP contribution < -0.4 is 5.32 Å². The molecule has 0 aromatic carbocycles. The van der Waals surface area contributed by atoms with Gasteiger partial charge in [0.15, 0.2) is 0 Å². The van der Waals surface area contributed by atoms with Crippen molar-refractivity contribution in [1.29, 1.82) is 0 Å². The molecule has 1 aliphatic carbocycles. The maximum atomic E-state index is 4.25. The molecule has 0 bridgehead atoms. The molecule has 0 spiro atoms. The van der Waals surface area contributed by atoms with Gasteiger partial charge in [-0.1, -0.05) is 6.07 Å². The van der Waals surface area contributed by atoms with Gasteiger partial charge in [0, 0.05) is 12.2 Å². The first-order valence-electron chi connectivity index (χ1n) is 4.04. The van der Waals surface area contributed by atoms with Gasteiger partial charge < -0.3 is 5.32 Å². The van der Waals surface area contributed by atoms with E-state index in [4.69, 9.17) is 0 Å². The Hall–Kier alpha value is -1.05. The van der Waals surface area contributed by atoms with Crippen LogP contribution in [-0.2, 0) is 0 Å². The van der Waals surface area contributed by atoms with Gasteiger partial charge >= 0.3 is 0 Å². The maximum absolute atomic E-state index is 4.25. The van der Waals surface area contributed by atoms with E-state index in [0.717, 1.165) is 5.82 Å². The van der Waals surface area contributed by atoms with Crippen LogP contribution in [0.2, 0.25) is 0 Å². The molecule has 0 atom stereocenters. The summed E-state index contributed by atoms with van der Waals surface area (Å²) in [5.74, 6) is 1.01. The highest BCUT2D eigenvalue weighted by atomic mass is 15.0. The Morgan fingerprint density at radius 1 is 1.45 bits per heavy atom. The summed E-state index contributed by atoms with van der Waals surface area (Å²) in [4.78, 5) is 4.25. The molecule has 0 unspecified atom stereocenters. The highest BCUT2D eigenvalue weighted by Crippen LogP contribution is 2.23. The molecule has 0 amide bonds. The predicted molar refractivity (Wildman–Crippen MR) is 45.6 cm³/mol. The number of nitrogens with one attached hydrogen (secondary N) is 1. The molecule has 1 fully saturated rings. The number of hydrogen-bond donors (Lipinski definition) is 1. The molecule has 11 heavy (non-hydrogen) atoms. The molecule has 1 N–H and O–H groups in total. The van der Waals surface area contributed by atoms with Crippen molar-refractivity contribution in [3.05, 3.63) is 23.9 Å². The summed E-state index contributed by atoms with van der Waals surface area (Å²) in [5, 5.41) is 3.33. The SMILES string of the molecule is Cc1ccc(NC2CC2)nc1. The van der Waals surface area contributed by atoms with Crippen molar-refractivity contribution < 1.29 is 0 Å². The highest BCUT2D eigenvalue weighted by Gasteiger charge is 2.20.